The highest BCUT2D eigenvalue weighted by molar-refractivity contribution is 6.31. The van der Waals surface area contributed by atoms with Gasteiger partial charge in [-0.3, -0.25) is 4.79 Å². The lowest BCUT2D eigenvalue weighted by atomic mass is 10.1. The third kappa shape index (κ3) is 2.51. The lowest BCUT2D eigenvalue weighted by Gasteiger charge is -2.03. The number of hydrogen-bond donors (Lipinski definition) is 2. The van der Waals surface area contributed by atoms with Gasteiger partial charge in [-0.05, 0) is 31.0 Å². The molecular formula is C14H17ClN2O. The average Bonchev–Trinajstić information content (AvgIpc) is 2.66. The van der Waals surface area contributed by atoms with Gasteiger partial charge in [-0.2, -0.15) is 0 Å². The van der Waals surface area contributed by atoms with Crippen LogP contribution in [-0.2, 0) is 0 Å². The molecule has 2 rings (SSSR count). The average molecular weight is 265 g/mol. The van der Waals surface area contributed by atoms with Gasteiger partial charge in [0.1, 0.15) is 5.69 Å². The van der Waals surface area contributed by atoms with E-state index in [4.69, 9.17) is 11.6 Å². The van der Waals surface area contributed by atoms with Crippen molar-refractivity contribution in [1.29, 1.82) is 0 Å². The summed E-state index contributed by atoms with van der Waals surface area (Å²) in [4.78, 5) is 15.2. The topological polar surface area (TPSA) is 44.9 Å². The van der Waals surface area contributed by atoms with E-state index in [9.17, 15) is 4.79 Å². The van der Waals surface area contributed by atoms with Crippen LogP contribution in [0.2, 0.25) is 5.02 Å². The van der Waals surface area contributed by atoms with E-state index in [2.05, 4.69) is 17.2 Å². The number of carbonyl (C=O) groups excluding carboxylic acids is 1. The zero-order valence-electron chi connectivity index (χ0n) is 10.6. The fraction of sp³-hybridized carbons (Fsp3) is 0.357. The highest BCUT2D eigenvalue weighted by atomic mass is 35.5. The van der Waals surface area contributed by atoms with Crippen LogP contribution in [0.1, 0.15) is 35.8 Å². The number of carbonyl (C=O) groups is 1. The second-order valence-electron chi connectivity index (χ2n) is 4.42. The van der Waals surface area contributed by atoms with Crippen LogP contribution in [-0.4, -0.2) is 17.4 Å². The third-order valence-electron chi connectivity index (χ3n) is 3.06. The number of nitrogens with one attached hydrogen (secondary N) is 2. The van der Waals surface area contributed by atoms with Crippen LogP contribution >= 0.6 is 11.6 Å². The van der Waals surface area contributed by atoms with Crippen molar-refractivity contribution in [2.75, 3.05) is 6.54 Å². The number of benzene rings is 1. The molecule has 1 aromatic heterocycles. The second-order valence-corrected chi connectivity index (χ2v) is 4.86. The van der Waals surface area contributed by atoms with Gasteiger partial charge in [0.25, 0.3) is 5.91 Å². The predicted octanol–water partition coefficient (Wildman–Crippen LogP) is 3.66. The van der Waals surface area contributed by atoms with Crippen molar-refractivity contribution >= 4 is 28.4 Å². The Morgan fingerprint density at radius 3 is 2.94 bits per heavy atom. The molecule has 0 saturated carbocycles. The van der Waals surface area contributed by atoms with Crippen molar-refractivity contribution in [2.24, 2.45) is 0 Å². The number of halogens is 1. The quantitative estimate of drug-likeness (QED) is 0.814. The molecule has 0 atom stereocenters. The highest BCUT2D eigenvalue weighted by Crippen LogP contribution is 2.24. The molecule has 2 aromatic rings. The van der Waals surface area contributed by atoms with Crippen LogP contribution in [0.5, 0.6) is 0 Å². The van der Waals surface area contributed by atoms with Gasteiger partial charge in [0.2, 0.25) is 0 Å². The zero-order chi connectivity index (χ0) is 13.1. The van der Waals surface area contributed by atoms with Gasteiger partial charge in [0, 0.05) is 22.5 Å². The Balaban J connectivity index is 2.28. The summed E-state index contributed by atoms with van der Waals surface area (Å²) >= 11 is 5.94. The molecular weight excluding hydrogens is 248 g/mol. The second kappa shape index (κ2) is 5.44. The standard InChI is InChI=1S/C14H17ClN2O/c1-3-4-7-16-14(18)13-9(2)11-6-5-10(15)8-12(11)17-13/h5-6,8,17H,3-4,7H2,1-2H3,(H,16,18). The molecule has 3 nitrogen and oxygen atoms in total. The summed E-state index contributed by atoms with van der Waals surface area (Å²) in [5, 5.41) is 4.62. The van der Waals surface area contributed by atoms with E-state index >= 15 is 0 Å². The van der Waals surface area contributed by atoms with Crippen LogP contribution in [0.15, 0.2) is 18.2 Å². The van der Waals surface area contributed by atoms with E-state index in [1.165, 1.54) is 0 Å². The molecule has 0 saturated heterocycles. The summed E-state index contributed by atoms with van der Waals surface area (Å²) < 4.78 is 0. The fourth-order valence-electron chi connectivity index (χ4n) is 2.00. The van der Waals surface area contributed by atoms with Crippen molar-refractivity contribution in [3.05, 3.63) is 34.5 Å². The van der Waals surface area contributed by atoms with E-state index in [1.54, 1.807) is 0 Å². The maximum absolute atomic E-state index is 12.0. The first-order valence-electron chi connectivity index (χ1n) is 6.19. The Kier molecular flexibility index (Phi) is 3.92. The molecule has 0 spiro atoms. The smallest absolute Gasteiger partial charge is 0.268 e. The Hall–Kier alpha value is -1.48. The number of fused-ring (bicyclic) bond motifs is 1. The molecule has 0 fully saturated rings. The number of aryl methyl sites for hydroxylation is 1. The van der Waals surface area contributed by atoms with Gasteiger partial charge in [-0.1, -0.05) is 31.0 Å². The van der Waals surface area contributed by atoms with Gasteiger partial charge in [0.15, 0.2) is 0 Å². The van der Waals surface area contributed by atoms with E-state index < -0.39 is 0 Å². The molecule has 4 heteroatoms. The molecule has 0 unspecified atom stereocenters. The zero-order valence-corrected chi connectivity index (χ0v) is 11.4. The monoisotopic (exact) mass is 264 g/mol. The van der Waals surface area contributed by atoms with Crippen molar-refractivity contribution in [1.82, 2.24) is 10.3 Å². The molecule has 1 aromatic carbocycles. The molecule has 1 heterocycles. The minimum absolute atomic E-state index is 0.0479. The number of hydrogen-bond acceptors (Lipinski definition) is 1. The number of amides is 1. The minimum Gasteiger partial charge on any atom is -0.351 e. The van der Waals surface area contributed by atoms with E-state index in [0.717, 1.165) is 29.3 Å². The number of unbranched alkanes of at least 4 members (excludes halogenated alkanes) is 1. The maximum atomic E-state index is 12.0. The summed E-state index contributed by atoms with van der Waals surface area (Å²) in [5.41, 5.74) is 2.50. The normalized spacial score (nSPS) is 10.8. The van der Waals surface area contributed by atoms with Crippen molar-refractivity contribution < 1.29 is 4.79 Å². The van der Waals surface area contributed by atoms with Gasteiger partial charge in [-0.25, -0.2) is 0 Å². The molecule has 18 heavy (non-hydrogen) atoms. The summed E-state index contributed by atoms with van der Waals surface area (Å²) in [5.74, 6) is -0.0479. The van der Waals surface area contributed by atoms with Crippen molar-refractivity contribution in [2.45, 2.75) is 26.7 Å². The van der Waals surface area contributed by atoms with Crippen LogP contribution in [0, 0.1) is 6.92 Å². The van der Waals surface area contributed by atoms with Gasteiger partial charge in [0.05, 0.1) is 0 Å². The van der Waals surface area contributed by atoms with Gasteiger partial charge >= 0.3 is 0 Å². The first-order chi connectivity index (χ1) is 8.63. The van der Waals surface area contributed by atoms with Gasteiger partial charge < -0.3 is 10.3 Å². The Labute approximate surface area is 112 Å². The number of H-pyrrole nitrogens is 1. The van der Waals surface area contributed by atoms with Crippen molar-refractivity contribution in [3.8, 4) is 0 Å². The summed E-state index contributed by atoms with van der Waals surface area (Å²) in [6, 6.07) is 5.61. The molecule has 0 aliphatic rings. The van der Waals surface area contributed by atoms with Crippen LogP contribution < -0.4 is 5.32 Å². The van der Waals surface area contributed by atoms with Crippen LogP contribution in [0.3, 0.4) is 0 Å². The Morgan fingerprint density at radius 1 is 1.44 bits per heavy atom. The maximum Gasteiger partial charge on any atom is 0.268 e. The number of rotatable bonds is 4. The summed E-state index contributed by atoms with van der Waals surface area (Å²) in [6.45, 7) is 4.76. The molecule has 2 N–H and O–H groups in total. The lowest BCUT2D eigenvalue weighted by Crippen LogP contribution is -2.25. The summed E-state index contributed by atoms with van der Waals surface area (Å²) in [7, 11) is 0. The predicted molar refractivity (Wildman–Crippen MR) is 75.3 cm³/mol. The molecule has 0 bridgehead atoms. The number of aromatic nitrogens is 1. The third-order valence-corrected chi connectivity index (χ3v) is 3.30. The van der Waals surface area contributed by atoms with Crippen LogP contribution in [0.4, 0.5) is 0 Å². The molecule has 96 valence electrons. The largest absolute Gasteiger partial charge is 0.351 e. The highest BCUT2D eigenvalue weighted by Gasteiger charge is 2.14. The summed E-state index contributed by atoms with van der Waals surface area (Å²) in [6.07, 6.45) is 2.07. The van der Waals surface area contributed by atoms with E-state index in [0.29, 0.717) is 17.3 Å². The molecule has 0 aliphatic heterocycles. The fourth-order valence-corrected chi connectivity index (χ4v) is 2.18. The molecule has 0 aliphatic carbocycles. The Morgan fingerprint density at radius 2 is 2.22 bits per heavy atom. The first-order valence-corrected chi connectivity index (χ1v) is 6.57. The SMILES string of the molecule is CCCCNC(=O)c1[nH]c2cc(Cl)ccc2c1C. The van der Waals surface area contributed by atoms with E-state index in [1.807, 2.05) is 25.1 Å². The molecule has 1 amide bonds. The van der Waals surface area contributed by atoms with Crippen molar-refractivity contribution in [3.63, 3.8) is 0 Å². The van der Waals surface area contributed by atoms with Crippen LogP contribution in [0.25, 0.3) is 10.9 Å². The van der Waals surface area contributed by atoms with Gasteiger partial charge in [-0.15, -0.1) is 0 Å². The molecule has 0 radical (unpaired) electrons. The number of aromatic amines is 1. The Bertz CT molecular complexity index is 574. The minimum atomic E-state index is -0.0479. The first kappa shape index (κ1) is 13.0. The van der Waals surface area contributed by atoms with E-state index in [-0.39, 0.29) is 5.91 Å². The lowest BCUT2D eigenvalue weighted by molar-refractivity contribution is 0.0948.